The molecule has 3 N–H and O–H groups in total. The molecular formula is C39H27BrCl2N4O3S2. The Labute approximate surface area is 321 Å². The van der Waals surface area contributed by atoms with Crippen LogP contribution in [0.25, 0.3) is 17.3 Å². The van der Waals surface area contributed by atoms with Gasteiger partial charge in [-0.15, -0.1) is 23.1 Å². The molecule has 6 aromatic rings. The number of benzene rings is 5. The molecule has 51 heavy (non-hydrogen) atoms. The zero-order valence-electron chi connectivity index (χ0n) is 26.5. The Morgan fingerprint density at radius 3 is 2.24 bits per heavy atom. The summed E-state index contributed by atoms with van der Waals surface area (Å²) in [5, 5.41) is 11.1. The number of nitrogens with zero attached hydrogens (tertiary/aromatic N) is 1. The number of rotatable bonds is 11. The average Bonchev–Trinajstić information content (AvgIpc) is 3.61. The zero-order valence-corrected chi connectivity index (χ0v) is 31.2. The molecule has 5 aromatic carbocycles. The number of nitrogens with one attached hydrogen (secondary N) is 3. The van der Waals surface area contributed by atoms with Gasteiger partial charge in [0, 0.05) is 31.6 Å². The summed E-state index contributed by atoms with van der Waals surface area (Å²) in [4.78, 5) is 45.9. The van der Waals surface area contributed by atoms with Gasteiger partial charge in [0.05, 0.1) is 15.7 Å². The molecule has 0 saturated heterocycles. The minimum Gasteiger partial charge on any atom is -0.321 e. The second-order valence-electron chi connectivity index (χ2n) is 11.0. The van der Waals surface area contributed by atoms with Crippen LogP contribution in [0.2, 0.25) is 10.0 Å². The van der Waals surface area contributed by atoms with Crippen LogP contribution in [0.5, 0.6) is 0 Å². The monoisotopic (exact) mass is 812 g/mol. The van der Waals surface area contributed by atoms with Crippen LogP contribution in [0, 0.1) is 0 Å². The molecular weight excluding hydrogens is 787 g/mol. The Morgan fingerprint density at radius 1 is 0.784 bits per heavy atom. The highest BCUT2D eigenvalue weighted by Crippen LogP contribution is 2.38. The van der Waals surface area contributed by atoms with E-state index in [1.54, 1.807) is 60.7 Å². The highest BCUT2D eigenvalue weighted by atomic mass is 79.9. The summed E-state index contributed by atoms with van der Waals surface area (Å²) in [6.45, 7) is 0. The van der Waals surface area contributed by atoms with Gasteiger partial charge in [0.25, 0.3) is 11.8 Å². The van der Waals surface area contributed by atoms with E-state index < -0.39 is 17.1 Å². The number of halogens is 3. The molecule has 0 bridgehead atoms. The van der Waals surface area contributed by atoms with Crippen molar-refractivity contribution in [1.82, 2.24) is 10.3 Å². The van der Waals surface area contributed by atoms with Crippen LogP contribution in [0.15, 0.2) is 148 Å². The van der Waals surface area contributed by atoms with E-state index in [0.717, 1.165) is 26.1 Å². The summed E-state index contributed by atoms with van der Waals surface area (Å²) < 4.78 is 0.885. The summed E-state index contributed by atoms with van der Waals surface area (Å²) >= 11 is 18.3. The van der Waals surface area contributed by atoms with Crippen molar-refractivity contribution < 1.29 is 14.4 Å². The van der Waals surface area contributed by atoms with Gasteiger partial charge in [0.1, 0.15) is 10.9 Å². The number of hydrogen-bond donors (Lipinski definition) is 3. The number of hydrogen-bond acceptors (Lipinski definition) is 6. The Bertz CT molecular complexity index is 2220. The molecule has 0 fully saturated rings. The highest BCUT2D eigenvalue weighted by Gasteiger charge is 2.24. The van der Waals surface area contributed by atoms with Crippen molar-refractivity contribution in [2.45, 2.75) is 10.1 Å². The van der Waals surface area contributed by atoms with Crippen molar-refractivity contribution in [2.24, 2.45) is 0 Å². The summed E-state index contributed by atoms with van der Waals surface area (Å²) in [7, 11) is 0. The molecule has 254 valence electrons. The first-order valence-corrected chi connectivity index (χ1v) is 18.7. The number of aromatic nitrogens is 1. The fraction of sp³-hybridized carbons (Fsp3) is 0.0256. The van der Waals surface area contributed by atoms with Gasteiger partial charge < -0.3 is 16.0 Å². The Kier molecular flexibility index (Phi) is 12.0. The van der Waals surface area contributed by atoms with E-state index in [0.29, 0.717) is 32.1 Å². The molecule has 1 atom stereocenters. The number of anilines is 2. The summed E-state index contributed by atoms with van der Waals surface area (Å²) in [5.74, 6) is -1.19. The molecule has 1 aromatic heterocycles. The van der Waals surface area contributed by atoms with Gasteiger partial charge in [-0.1, -0.05) is 112 Å². The number of carbonyl (C=O) groups is 3. The highest BCUT2D eigenvalue weighted by molar-refractivity contribution is 9.10. The van der Waals surface area contributed by atoms with Crippen LogP contribution >= 0.6 is 62.2 Å². The van der Waals surface area contributed by atoms with Gasteiger partial charge in [-0.2, -0.15) is 0 Å². The van der Waals surface area contributed by atoms with Gasteiger partial charge >= 0.3 is 0 Å². The quantitative estimate of drug-likeness (QED) is 0.0893. The van der Waals surface area contributed by atoms with E-state index in [1.165, 1.54) is 23.1 Å². The molecule has 0 aliphatic carbocycles. The van der Waals surface area contributed by atoms with E-state index in [2.05, 4.69) is 36.9 Å². The Morgan fingerprint density at radius 2 is 1.51 bits per heavy atom. The molecule has 0 saturated carbocycles. The van der Waals surface area contributed by atoms with Gasteiger partial charge in [0.2, 0.25) is 5.91 Å². The topological polar surface area (TPSA) is 100 Å². The van der Waals surface area contributed by atoms with E-state index in [9.17, 15) is 14.4 Å². The third-order valence-electron chi connectivity index (χ3n) is 7.35. The van der Waals surface area contributed by atoms with Crippen LogP contribution < -0.4 is 16.0 Å². The second-order valence-corrected chi connectivity index (χ2v) is 14.7. The molecule has 12 heteroatoms. The standard InChI is InChI=1S/C39H27BrCl2N4O3S2/c40-28-17-14-24(15-18-28)20-33(44-36(47)26-10-5-2-6-11-26)37(48)43-29-12-7-13-30(22-29)51-35(25-8-3-1-4-9-25)38(49)46-39-45-34(23-50-39)27-16-19-31(41)32(42)21-27/h1-23,35H,(H,43,48)(H,44,47)(H,45,46,49)/b33-20-. The first-order valence-electron chi connectivity index (χ1n) is 15.4. The van der Waals surface area contributed by atoms with Crippen LogP contribution in [0.1, 0.15) is 26.7 Å². The average molecular weight is 815 g/mol. The summed E-state index contributed by atoms with van der Waals surface area (Å²) in [5.41, 5.74) is 3.92. The minimum absolute atomic E-state index is 0.0643. The molecule has 0 aliphatic heterocycles. The maximum atomic E-state index is 13.8. The van der Waals surface area contributed by atoms with Gasteiger partial charge in [0.15, 0.2) is 5.13 Å². The Balaban J connectivity index is 1.21. The predicted molar refractivity (Wildman–Crippen MR) is 212 cm³/mol. The molecule has 7 nitrogen and oxygen atoms in total. The van der Waals surface area contributed by atoms with Crippen LogP contribution in [-0.2, 0) is 9.59 Å². The largest absolute Gasteiger partial charge is 0.321 e. The lowest BCUT2D eigenvalue weighted by atomic mass is 10.1. The van der Waals surface area contributed by atoms with Crippen molar-refractivity contribution in [3.63, 3.8) is 0 Å². The van der Waals surface area contributed by atoms with Crippen molar-refractivity contribution >= 4 is 96.8 Å². The van der Waals surface area contributed by atoms with Gasteiger partial charge in [-0.25, -0.2) is 4.98 Å². The molecule has 0 radical (unpaired) electrons. The number of thioether (sulfide) groups is 1. The zero-order chi connectivity index (χ0) is 35.7. The third-order valence-corrected chi connectivity index (χ3v) is 10.6. The molecule has 0 aliphatic rings. The smallest absolute Gasteiger partial charge is 0.272 e. The molecule has 0 spiro atoms. The summed E-state index contributed by atoms with van der Waals surface area (Å²) in [6, 6.07) is 37.9. The first kappa shape index (κ1) is 36.1. The lowest BCUT2D eigenvalue weighted by molar-refractivity contribution is -0.116. The van der Waals surface area contributed by atoms with Crippen molar-refractivity contribution in [1.29, 1.82) is 0 Å². The summed E-state index contributed by atoms with van der Waals surface area (Å²) in [6.07, 6.45) is 1.61. The molecule has 1 unspecified atom stereocenters. The lowest BCUT2D eigenvalue weighted by Crippen LogP contribution is -2.30. The maximum absolute atomic E-state index is 13.8. The van der Waals surface area contributed by atoms with Gasteiger partial charge in [-0.05, 0) is 71.8 Å². The minimum atomic E-state index is -0.646. The molecule has 6 rings (SSSR count). The first-order chi connectivity index (χ1) is 24.7. The Hall–Kier alpha value is -4.71. The lowest BCUT2D eigenvalue weighted by Gasteiger charge is -2.17. The fourth-order valence-electron chi connectivity index (χ4n) is 4.84. The fourth-order valence-corrected chi connectivity index (χ4v) is 7.21. The maximum Gasteiger partial charge on any atom is 0.272 e. The second kappa shape index (κ2) is 17.0. The van der Waals surface area contributed by atoms with Crippen molar-refractivity contribution in [3.8, 4) is 11.3 Å². The van der Waals surface area contributed by atoms with E-state index in [4.69, 9.17) is 23.2 Å². The van der Waals surface area contributed by atoms with Crippen LogP contribution in [-0.4, -0.2) is 22.7 Å². The number of amides is 3. The third kappa shape index (κ3) is 9.75. The van der Waals surface area contributed by atoms with Gasteiger partial charge in [-0.3, -0.25) is 14.4 Å². The molecule has 1 heterocycles. The van der Waals surface area contributed by atoms with E-state index >= 15 is 0 Å². The van der Waals surface area contributed by atoms with Crippen molar-refractivity contribution in [3.05, 3.63) is 170 Å². The van der Waals surface area contributed by atoms with Crippen molar-refractivity contribution in [2.75, 3.05) is 10.6 Å². The predicted octanol–water partition coefficient (Wildman–Crippen LogP) is 10.8. The number of thiazole rings is 1. The molecule has 3 amide bonds. The van der Waals surface area contributed by atoms with E-state index in [1.807, 2.05) is 78.2 Å². The van der Waals surface area contributed by atoms with Crippen LogP contribution in [0.4, 0.5) is 10.8 Å². The SMILES string of the molecule is O=C(Nc1cccc(SC(C(=O)Nc2nc(-c3ccc(Cl)c(Cl)c3)cs2)c2ccccc2)c1)/C(=C/c1ccc(Br)cc1)NC(=O)c1ccccc1. The number of carbonyl (C=O) groups excluding carboxylic acids is 3. The van der Waals surface area contributed by atoms with E-state index in [-0.39, 0.29) is 11.6 Å². The normalized spacial score (nSPS) is 11.8. The van der Waals surface area contributed by atoms with Crippen LogP contribution in [0.3, 0.4) is 0 Å².